The summed E-state index contributed by atoms with van der Waals surface area (Å²) in [6, 6.07) is 15.2. The molecular formula is C22H30N2O2S. The van der Waals surface area contributed by atoms with Crippen molar-refractivity contribution in [3.63, 3.8) is 0 Å². The Morgan fingerprint density at radius 3 is 2.00 bits per heavy atom. The minimum absolute atomic E-state index is 0.649. The molecule has 0 aromatic heterocycles. The number of rotatable bonds is 8. The van der Waals surface area contributed by atoms with Crippen LogP contribution in [0.25, 0.3) is 0 Å². The van der Waals surface area contributed by atoms with Gasteiger partial charge in [0.2, 0.25) is 0 Å². The van der Waals surface area contributed by atoms with E-state index in [1.54, 1.807) is 18.9 Å². The zero-order chi connectivity index (χ0) is 19.1. The normalized spacial score (nSPS) is 15.7. The molecule has 0 saturated carbocycles. The largest absolute Gasteiger partial charge is 0.493 e. The van der Waals surface area contributed by atoms with Crippen LogP contribution in [0.4, 0.5) is 0 Å². The molecule has 0 N–H and O–H groups in total. The zero-order valence-corrected chi connectivity index (χ0v) is 17.4. The fourth-order valence-corrected chi connectivity index (χ4v) is 3.85. The summed E-state index contributed by atoms with van der Waals surface area (Å²) in [5.41, 5.74) is 2.68. The smallest absolute Gasteiger partial charge is 0.161 e. The number of methoxy groups -OCH3 is 1. The van der Waals surface area contributed by atoms with Gasteiger partial charge in [0.05, 0.1) is 13.7 Å². The third-order valence-electron chi connectivity index (χ3n) is 4.96. The molecule has 27 heavy (non-hydrogen) atoms. The number of hydrogen-bond acceptors (Lipinski definition) is 5. The van der Waals surface area contributed by atoms with Gasteiger partial charge in [-0.1, -0.05) is 18.2 Å². The Bertz CT molecular complexity index is 713. The standard InChI is InChI=1S/C22H30N2O2S/c1-4-26-22-15-19(7-10-21(22)25-2)17-24-13-11-23(12-14-24)16-18-5-8-20(27-3)9-6-18/h5-10,15H,4,11-14,16-17H2,1-3H3. The Kier molecular flexibility index (Phi) is 7.44. The molecule has 146 valence electrons. The number of hydrogen-bond donors (Lipinski definition) is 0. The van der Waals surface area contributed by atoms with Crippen molar-refractivity contribution in [3.8, 4) is 11.5 Å². The molecule has 1 saturated heterocycles. The first kappa shape index (κ1) is 20.1. The average molecular weight is 387 g/mol. The summed E-state index contributed by atoms with van der Waals surface area (Å²) in [7, 11) is 1.69. The lowest BCUT2D eigenvalue weighted by molar-refractivity contribution is 0.122. The first-order chi connectivity index (χ1) is 13.2. The summed E-state index contributed by atoms with van der Waals surface area (Å²) in [5.74, 6) is 1.64. The number of thioether (sulfide) groups is 1. The average Bonchev–Trinajstić information content (AvgIpc) is 2.71. The van der Waals surface area contributed by atoms with E-state index in [0.29, 0.717) is 6.61 Å². The van der Waals surface area contributed by atoms with Crippen molar-refractivity contribution in [3.05, 3.63) is 53.6 Å². The molecule has 1 fully saturated rings. The van der Waals surface area contributed by atoms with E-state index in [2.05, 4.69) is 52.5 Å². The lowest BCUT2D eigenvalue weighted by Gasteiger charge is -2.34. The van der Waals surface area contributed by atoms with E-state index in [4.69, 9.17) is 9.47 Å². The van der Waals surface area contributed by atoms with Crippen molar-refractivity contribution in [1.82, 2.24) is 9.80 Å². The molecule has 1 aliphatic rings. The van der Waals surface area contributed by atoms with Crippen LogP contribution in [0.2, 0.25) is 0 Å². The maximum absolute atomic E-state index is 5.70. The molecule has 2 aromatic carbocycles. The molecule has 1 heterocycles. The Morgan fingerprint density at radius 1 is 0.852 bits per heavy atom. The van der Waals surface area contributed by atoms with Crippen LogP contribution in [0.5, 0.6) is 11.5 Å². The summed E-state index contributed by atoms with van der Waals surface area (Å²) < 4.78 is 11.1. The quantitative estimate of drug-likeness (QED) is 0.635. The van der Waals surface area contributed by atoms with Crippen molar-refractivity contribution in [2.75, 3.05) is 46.2 Å². The molecular weight excluding hydrogens is 356 g/mol. The van der Waals surface area contributed by atoms with Crippen LogP contribution in [0.1, 0.15) is 18.1 Å². The van der Waals surface area contributed by atoms with Gasteiger partial charge in [0.15, 0.2) is 11.5 Å². The molecule has 0 unspecified atom stereocenters. The highest BCUT2D eigenvalue weighted by Crippen LogP contribution is 2.28. The second-order valence-electron chi connectivity index (χ2n) is 6.82. The molecule has 0 aliphatic carbocycles. The van der Waals surface area contributed by atoms with Crippen LogP contribution in [0.15, 0.2) is 47.4 Å². The molecule has 1 aliphatic heterocycles. The predicted octanol–water partition coefficient (Wildman–Crippen LogP) is 4.13. The Labute approximate surface area is 167 Å². The number of nitrogens with zero attached hydrogens (tertiary/aromatic N) is 2. The minimum atomic E-state index is 0.649. The first-order valence-electron chi connectivity index (χ1n) is 9.59. The van der Waals surface area contributed by atoms with Crippen molar-refractivity contribution >= 4 is 11.8 Å². The second-order valence-corrected chi connectivity index (χ2v) is 7.70. The zero-order valence-electron chi connectivity index (χ0n) is 16.6. The van der Waals surface area contributed by atoms with Crippen molar-refractivity contribution in [2.24, 2.45) is 0 Å². The lowest BCUT2D eigenvalue weighted by atomic mass is 10.1. The van der Waals surface area contributed by atoms with Gasteiger partial charge in [0.1, 0.15) is 0 Å². The summed E-state index contributed by atoms with van der Waals surface area (Å²) in [6.07, 6.45) is 2.12. The van der Waals surface area contributed by atoms with E-state index in [9.17, 15) is 0 Å². The van der Waals surface area contributed by atoms with Gasteiger partial charge in [-0.2, -0.15) is 0 Å². The summed E-state index contributed by atoms with van der Waals surface area (Å²) >= 11 is 1.79. The first-order valence-corrected chi connectivity index (χ1v) is 10.8. The fourth-order valence-electron chi connectivity index (χ4n) is 3.44. The van der Waals surface area contributed by atoms with Gasteiger partial charge in [-0.25, -0.2) is 0 Å². The van der Waals surface area contributed by atoms with E-state index in [1.165, 1.54) is 16.0 Å². The molecule has 0 spiro atoms. The molecule has 4 nitrogen and oxygen atoms in total. The van der Waals surface area contributed by atoms with Crippen LogP contribution in [-0.4, -0.2) is 56.0 Å². The summed E-state index contributed by atoms with van der Waals surface area (Å²) in [4.78, 5) is 6.39. The van der Waals surface area contributed by atoms with E-state index in [-0.39, 0.29) is 0 Å². The van der Waals surface area contributed by atoms with Crippen LogP contribution in [-0.2, 0) is 13.1 Å². The third kappa shape index (κ3) is 5.64. The highest BCUT2D eigenvalue weighted by atomic mass is 32.2. The van der Waals surface area contributed by atoms with E-state index in [1.807, 2.05) is 13.0 Å². The minimum Gasteiger partial charge on any atom is -0.493 e. The molecule has 3 rings (SSSR count). The maximum atomic E-state index is 5.70. The van der Waals surface area contributed by atoms with Crippen LogP contribution >= 0.6 is 11.8 Å². The summed E-state index contributed by atoms with van der Waals surface area (Å²) in [6.45, 7) is 9.06. The lowest BCUT2D eigenvalue weighted by Crippen LogP contribution is -2.45. The molecule has 0 bridgehead atoms. The third-order valence-corrected chi connectivity index (χ3v) is 5.71. The van der Waals surface area contributed by atoms with Gasteiger partial charge in [-0.15, -0.1) is 11.8 Å². The number of benzene rings is 2. The summed E-state index contributed by atoms with van der Waals surface area (Å²) in [5, 5.41) is 0. The van der Waals surface area contributed by atoms with Gasteiger partial charge in [0.25, 0.3) is 0 Å². The highest BCUT2D eigenvalue weighted by Gasteiger charge is 2.17. The maximum Gasteiger partial charge on any atom is 0.161 e. The van der Waals surface area contributed by atoms with Gasteiger partial charge < -0.3 is 9.47 Å². The predicted molar refractivity (Wildman–Crippen MR) is 113 cm³/mol. The van der Waals surface area contributed by atoms with Gasteiger partial charge in [0, 0.05) is 44.2 Å². The number of ether oxygens (including phenoxy) is 2. The van der Waals surface area contributed by atoms with E-state index >= 15 is 0 Å². The Balaban J connectivity index is 1.51. The van der Waals surface area contributed by atoms with E-state index in [0.717, 1.165) is 50.8 Å². The Morgan fingerprint density at radius 2 is 1.44 bits per heavy atom. The highest BCUT2D eigenvalue weighted by molar-refractivity contribution is 7.98. The molecule has 5 heteroatoms. The van der Waals surface area contributed by atoms with Gasteiger partial charge in [-0.3, -0.25) is 9.80 Å². The van der Waals surface area contributed by atoms with Crippen molar-refractivity contribution in [2.45, 2.75) is 24.9 Å². The van der Waals surface area contributed by atoms with Crippen LogP contribution in [0.3, 0.4) is 0 Å². The van der Waals surface area contributed by atoms with Crippen molar-refractivity contribution < 1.29 is 9.47 Å². The molecule has 0 radical (unpaired) electrons. The fraction of sp³-hybridized carbons (Fsp3) is 0.455. The van der Waals surface area contributed by atoms with Crippen LogP contribution < -0.4 is 9.47 Å². The van der Waals surface area contributed by atoms with Gasteiger partial charge in [-0.05, 0) is 48.6 Å². The van der Waals surface area contributed by atoms with Gasteiger partial charge >= 0.3 is 0 Å². The SMILES string of the molecule is CCOc1cc(CN2CCN(Cc3ccc(SC)cc3)CC2)ccc1OC. The molecule has 0 amide bonds. The van der Waals surface area contributed by atoms with Crippen LogP contribution in [0, 0.1) is 0 Å². The van der Waals surface area contributed by atoms with E-state index < -0.39 is 0 Å². The molecule has 0 atom stereocenters. The monoisotopic (exact) mass is 386 g/mol. The van der Waals surface area contributed by atoms with Crippen molar-refractivity contribution in [1.29, 1.82) is 0 Å². The second kappa shape index (κ2) is 10.0. The molecule has 2 aromatic rings. The Hall–Kier alpha value is -1.69. The topological polar surface area (TPSA) is 24.9 Å². The number of piperazine rings is 1.